The number of hydrogen-bond donors (Lipinski definition) is 3. The second kappa shape index (κ2) is 7.33. The van der Waals surface area contributed by atoms with E-state index >= 15 is 0 Å². The minimum absolute atomic E-state index is 0.106. The zero-order chi connectivity index (χ0) is 16.8. The molecule has 2 aromatic carbocycles. The molecule has 0 bridgehead atoms. The van der Waals surface area contributed by atoms with Crippen LogP contribution >= 0.6 is 0 Å². The third-order valence-corrected chi connectivity index (χ3v) is 3.05. The molecule has 0 heterocycles. The van der Waals surface area contributed by atoms with Crippen LogP contribution in [0.15, 0.2) is 42.5 Å². The van der Waals surface area contributed by atoms with Gasteiger partial charge in [0.1, 0.15) is 11.6 Å². The van der Waals surface area contributed by atoms with Gasteiger partial charge in [0.25, 0.3) is 0 Å². The summed E-state index contributed by atoms with van der Waals surface area (Å²) >= 11 is 0. The van der Waals surface area contributed by atoms with Gasteiger partial charge in [0.15, 0.2) is 0 Å². The Morgan fingerprint density at radius 1 is 1.22 bits per heavy atom. The average Bonchev–Trinajstić information content (AvgIpc) is 2.53. The molecule has 0 aliphatic carbocycles. The van der Waals surface area contributed by atoms with Crippen molar-refractivity contribution in [3.8, 4) is 6.07 Å². The molecule has 0 fully saturated rings. The van der Waals surface area contributed by atoms with Crippen LogP contribution in [0.4, 0.5) is 19.3 Å². The molecule has 1 atom stereocenters. The number of anilines is 1. The van der Waals surface area contributed by atoms with E-state index in [0.29, 0.717) is 17.3 Å². The Morgan fingerprint density at radius 3 is 2.52 bits per heavy atom. The number of urea groups is 1. The van der Waals surface area contributed by atoms with Gasteiger partial charge in [-0.2, -0.15) is 5.26 Å². The van der Waals surface area contributed by atoms with Gasteiger partial charge in [-0.05, 0) is 30.3 Å². The lowest BCUT2D eigenvalue weighted by atomic mass is 10.1. The summed E-state index contributed by atoms with van der Waals surface area (Å²) in [6.45, 7) is -0.245. The van der Waals surface area contributed by atoms with E-state index in [1.165, 1.54) is 0 Å². The first-order chi connectivity index (χ1) is 11.0. The number of nitrogens with one attached hydrogen (secondary N) is 2. The van der Waals surface area contributed by atoms with Crippen molar-refractivity contribution in [3.05, 3.63) is 65.2 Å². The fraction of sp³-hybridized carbons (Fsp3) is 0.125. The van der Waals surface area contributed by atoms with Crippen LogP contribution in [-0.2, 0) is 0 Å². The molecule has 2 amide bonds. The minimum atomic E-state index is -1.30. The van der Waals surface area contributed by atoms with Crippen LogP contribution in [0.5, 0.6) is 0 Å². The maximum atomic E-state index is 13.5. The highest BCUT2D eigenvalue weighted by atomic mass is 19.1. The smallest absolute Gasteiger partial charge is 0.319 e. The minimum Gasteiger partial charge on any atom is -0.386 e. The van der Waals surface area contributed by atoms with Crippen molar-refractivity contribution in [2.24, 2.45) is 0 Å². The van der Waals surface area contributed by atoms with Gasteiger partial charge in [-0.25, -0.2) is 13.6 Å². The van der Waals surface area contributed by atoms with Crippen molar-refractivity contribution in [1.82, 2.24) is 5.32 Å². The third-order valence-electron chi connectivity index (χ3n) is 3.05. The molecule has 2 rings (SSSR count). The highest BCUT2D eigenvalue weighted by molar-refractivity contribution is 5.89. The number of nitriles is 1. The van der Waals surface area contributed by atoms with Crippen LogP contribution in [0, 0.1) is 23.0 Å². The zero-order valence-corrected chi connectivity index (χ0v) is 11.9. The largest absolute Gasteiger partial charge is 0.386 e. The Hall–Kier alpha value is -2.98. The SMILES string of the molecule is N#Cc1ccc(NC(=O)NC[C@@H](O)c2ccc(F)cc2F)cc1. The first-order valence-corrected chi connectivity index (χ1v) is 6.67. The van der Waals surface area contributed by atoms with E-state index in [1.807, 2.05) is 6.07 Å². The maximum Gasteiger partial charge on any atom is 0.319 e. The monoisotopic (exact) mass is 317 g/mol. The molecule has 23 heavy (non-hydrogen) atoms. The molecule has 0 unspecified atom stereocenters. The summed E-state index contributed by atoms with van der Waals surface area (Å²) in [6.07, 6.45) is -1.30. The second-order valence-electron chi connectivity index (χ2n) is 4.71. The standard InChI is InChI=1S/C16H13F2N3O2/c17-11-3-6-13(14(18)7-11)15(22)9-20-16(23)21-12-4-1-10(8-19)2-5-12/h1-7,15,22H,9H2,(H2,20,21,23)/t15-/m1/s1. The van der Waals surface area contributed by atoms with Crippen LogP contribution in [0.25, 0.3) is 0 Å². The third kappa shape index (κ3) is 4.49. The molecular formula is C16H13F2N3O2. The lowest BCUT2D eigenvalue weighted by Gasteiger charge is -2.13. The summed E-state index contributed by atoms with van der Waals surface area (Å²) in [5.41, 5.74) is 0.812. The van der Waals surface area contributed by atoms with E-state index in [-0.39, 0.29) is 12.1 Å². The van der Waals surface area contributed by atoms with E-state index < -0.39 is 23.8 Å². The Balaban J connectivity index is 1.89. The van der Waals surface area contributed by atoms with Gasteiger partial charge in [-0.1, -0.05) is 6.07 Å². The number of nitrogens with zero attached hydrogens (tertiary/aromatic N) is 1. The van der Waals surface area contributed by atoms with E-state index in [0.717, 1.165) is 12.1 Å². The van der Waals surface area contributed by atoms with Crippen molar-refractivity contribution in [1.29, 1.82) is 5.26 Å². The molecule has 7 heteroatoms. The van der Waals surface area contributed by atoms with Crippen molar-refractivity contribution in [2.75, 3.05) is 11.9 Å². The molecule has 0 saturated carbocycles. The van der Waals surface area contributed by atoms with E-state index in [1.54, 1.807) is 24.3 Å². The summed E-state index contributed by atoms with van der Waals surface area (Å²) < 4.78 is 26.3. The van der Waals surface area contributed by atoms with Gasteiger partial charge < -0.3 is 15.7 Å². The predicted octanol–water partition coefficient (Wildman–Crippen LogP) is 2.69. The number of aliphatic hydroxyl groups excluding tert-OH is 1. The molecule has 0 radical (unpaired) electrons. The molecule has 0 aliphatic heterocycles. The average molecular weight is 317 g/mol. The Bertz CT molecular complexity index is 742. The van der Waals surface area contributed by atoms with E-state index in [4.69, 9.17) is 5.26 Å². The number of amides is 2. The molecule has 118 valence electrons. The van der Waals surface area contributed by atoms with Gasteiger partial charge in [0.05, 0.1) is 17.7 Å². The summed E-state index contributed by atoms with van der Waals surface area (Å²) in [5.74, 6) is -1.63. The van der Waals surface area contributed by atoms with Gasteiger partial charge >= 0.3 is 6.03 Å². The summed E-state index contributed by atoms with van der Waals surface area (Å²) in [5, 5.41) is 23.4. The van der Waals surface area contributed by atoms with Gasteiger partial charge in [-0.3, -0.25) is 0 Å². The highest BCUT2D eigenvalue weighted by Crippen LogP contribution is 2.17. The van der Waals surface area contributed by atoms with Crippen molar-refractivity contribution >= 4 is 11.7 Å². The van der Waals surface area contributed by atoms with Crippen LogP contribution in [0.3, 0.4) is 0 Å². The quantitative estimate of drug-likeness (QED) is 0.810. The molecule has 0 aliphatic rings. The molecule has 0 aromatic heterocycles. The molecule has 3 N–H and O–H groups in total. The second-order valence-corrected chi connectivity index (χ2v) is 4.71. The maximum absolute atomic E-state index is 13.5. The Morgan fingerprint density at radius 2 is 1.91 bits per heavy atom. The van der Waals surface area contributed by atoms with Crippen LogP contribution in [-0.4, -0.2) is 17.7 Å². The van der Waals surface area contributed by atoms with E-state index in [2.05, 4.69) is 10.6 Å². The number of aliphatic hydroxyl groups is 1. The first-order valence-electron chi connectivity index (χ1n) is 6.67. The topological polar surface area (TPSA) is 85.2 Å². The lowest BCUT2D eigenvalue weighted by Crippen LogP contribution is -2.32. The van der Waals surface area contributed by atoms with Crippen molar-refractivity contribution < 1.29 is 18.7 Å². The first kappa shape index (κ1) is 16.4. The number of halogens is 2. The van der Waals surface area contributed by atoms with Crippen LogP contribution in [0.1, 0.15) is 17.2 Å². The predicted molar refractivity (Wildman–Crippen MR) is 79.5 cm³/mol. The molecule has 5 nitrogen and oxygen atoms in total. The van der Waals surface area contributed by atoms with Gasteiger partial charge in [-0.15, -0.1) is 0 Å². The van der Waals surface area contributed by atoms with Crippen molar-refractivity contribution in [2.45, 2.75) is 6.10 Å². The van der Waals surface area contributed by atoms with E-state index in [9.17, 15) is 18.7 Å². The number of carbonyl (C=O) groups excluding carboxylic acids is 1. The molecular weight excluding hydrogens is 304 g/mol. The molecule has 0 saturated heterocycles. The lowest BCUT2D eigenvalue weighted by molar-refractivity contribution is 0.170. The number of carbonyl (C=O) groups is 1. The number of hydrogen-bond acceptors (Lipinski definition) is 3. The Kier molecular flexibility index (Phi) is 5.23. The summed E-state index contributed by atoms with van der Waals surface area (Å²) in [7, 11) is 0. The zero-order valence-electron chi connectivity index (χ0n) is 11.9. The normalized spacial score (nSPS) is 11.4. The van der Waals surface area contributed by atoms with Crippen molar-refractivity contribution in [3.63, 3.8) is 0 Å². The molecule has 2 aromatic rings. The van der Waals surface area contributed by atoms with Gasteiger partial charge in [0.2, 0.25) is 0 Å². The number of rotatable bonds is 4. The highest BCUT2D eigenvalue weighted by Gasteiger charge is 2.14. The summed E-state index contributed by atoms with van der Waals surface area (Å²) in [4.78, 5) is 11.7. The Labute approximate surface area is 131 Å². The summed E-state index contributed by atoms with van der Waals surface area (Å²) in [6, 6.07) is 10.3. The van der Waals surface area contributed by atoms with Crippen LogP contribution < -0.4 is 10.6 Å². The van der Waals surface area contributed by atoms with Gasteiger partial charge in [0, 0.05) is 23.9 Å². The fourth-order valence-electron chi connectivity index (χ4n) is 1.87. The fourth-order valence-corrected chi connectivity index (χ4v) is 1.87. The molecule has 0 spiro atoms. The van der Waals surface area contributed by atoms with Crippen LogP contribution in [0.2, 0.25) is 0 Å². The number of benzene rings is 2.